The van der Waals surface area contributed by atoms with Gasteiger partial charge in [0, 0.05) is 37.8 Å². The van der Waals surface area contributed by atoms with Crippen molar-refractivity contribution in [3.05, 3.63) is 54.1 Å². The van der Waals surface area contributed by atoms with Crippen molar-refractivity contribution >= 4 is 17.3 Å². The van der Waals surface area contributed by atoms with Crippen LogP contribution < -0.4 is 5.32 Å². The number of aliphatic hydroxyl groups excluding tert-OH is 1. The van der Waals surface area contributed by atoms with Gasteiger partial charge < -0.3 is 19.9 Å². The summed E-state index contributed by atoms with van der Waals surface area (Å²) in [6, 6.07) is 8.99. The molecule has 138 valence electrons. The Morgan fingerprint density at radius 3 is 2.81 bits per heavy atom. The smallest absolute Gasteiger partial charge is 0.170 e. The van der Waals surface area contributed by atoms with Crippen LogP contribution in [0.1, 0.15) is 61.5 Å². The first-order valence-corrected chi connectivity index (χ1v) is 9.95. The zero-order chi connectivity index (χ0) is 17.9. The lowest BCUT2D eigenvalue weighted by Gasteiger charge is -2.27. The van der Waals surface area contributed by atoms with Crippen molar-refractivity contribution in [3.63, 3.8) is 0 Å². The Bertz CT molecular complexity index is 741. The Morgan fingerprint density at radius 1 is 1.23 bits per heavy atom. The van der Waals surface area contributed by atoms with Gasteiger partial charge in [0.05, 0.1) is 17.8 Å². The van der Waals surface area contributed by atoms with E-state index in [1.807, 2.05) is 18.3 Å². The number of hydrogen-bond donors (Lipinski definition) is 2. The molecule has 2 aromatic rings. The first-order valence-electron chi connectivity index (χ1n) is 9.54. The van der Waals surface area contributed by atoms with Crippen LogP contribution in [-0.2, 0) is 0 Å². The van der Waals surface area contributed by atoms with Gasteiger partial charge in [-0.2, -0.15) is 0 Å². The van der Waals surface area contributed by atoms with Gasteiger partial charge in [0.2, 0.25) is 0 Å². The third-order valence-electron chi connectivity index (χ3n) is 5.58. The molecule has 4 rings (SSSR count). The molecule has 1 aliphatic carbocycles. The predicted molar refractivity (Wildman–Crippen MR) is 106 cm³/mol. The summed E-state index contributed by atoms with van der Waals surface area (Å²) in [6.45, 7) is 0.911. The van der Waals surface area contributed by atoms with E-state index < -0.39 is 0 Å². The number of nitrogens with zero attached hydrogens (tertiary/aromatic N) is 3. The molecule has 0 aromatic carbocycles. The van der Waals surface area contributed by atoms with E-state index in [0.29, 0.717) is 12.5 Å². The molecule has 6 heteroatoms. The lowest BCUT2D eigenvalue weighted by molar-refractivity contribution is 0.247. The quantitative estimate of drug-likeness (QED) is 0.764. The average molecular weight is 371 g/mol. The zero-order valence-corrected chi connectivity index (χ0v) is 15.7. The van der Waals surface area contributed by atoms with Crippen LogP contribution in [0, 0.1) is 0 Å². The van der Waals surface area contributed by atoms with Crippen molar-refractivity contribution in [1.82, 2.24) is 19.8 Å². The SMILES string of the molecule is OCCCN1C(=S)N[C@@H](c2ccccn2)[C@H]1c1ccn(C2CCCC2)c1. The number of nitrogens with one attached hydrogen (secondary N) is 1. The van der Waals surface area contributed by atoms with Crippen LogP contribution >= 0.6 is 12.2 Å². The molecular weight excluding hydrogens is 344 g/mol. The molecule has 1 aliphatic heterocycles. The van der Waals surface area contributed by atoms with E-state index in [0.717, 1.165) is 17.4 Å². The van der Waals surface area contributed by atoms with Crippen LogP contribution in [0.25, 0.3) is 0 Å². The Balaban J connectivity index is 1.66. The summed E-state index contributed by atoms with van der Waals surface area (Å²) >= 11 is 5.62. The van der Waals surface area contributed by atoms with Gasteiger partial charge in [-0.3, -0.25) is 4.98 Å². The minimum Gasteiger partial charge on any atom is -0.396 e. The first-order chi connectivity index (χ1) is 12.8. The second-order valence-electron chi connectivity index (χ2n) is 7.23. The van der Waals surface area contributed by atoms with E-state index in [1.54, 1.807) is 0 Å². The Labute approximate surface area is 160 Å². The molecule has 1 saturated carbocycles. The zero-order valence-electron chi connectivity index (χ0n) is 14.9. The van der Waals surface area contributed by atoms with Gasteiger partial charge in [0.1, 0.15) is 0 Å². The minimum absolute atomic E-state index is 0.0295. The highest BCUT2D eigenvalue weighted by Crippen LogP contribution is 2.39. The van der Waals surface area contributed by atoms with Crippen molar-refractivity contribution in [2.24, 2.45) is 0 Å². The second kappa shape index (κ2) is 7.76. The lowest BCUT2D eigenvalue weighted by Crippen LogP contribution is -2.31. The van der Waals surface area contributed by atoms with Gasteiger partial charge in [-0.15, -0.1) is 0 Å². The minimum atomic E-state index is 0.0295. The predicted octanol–water partition coefficient (Wildman–Crippen LogP) is 3.35. The van der Waals surface area contributed by atoms with E-state index in [4.69, 9.17) is 12.2 Å². The molecule has 0 radical (unpaired) electrons. The third kappa shape index (κ3) is 3.35. The summed E-state index contributed by atoms with van der Waals surface area (Å²) in [4.78, 5) is 6.77. The summed E-state index contributed by atoms with van der Waals surface area (Å²) < 4.78 is 2.38. The van der Waals surface area contributed by atoms with Gasteiger partial charge in [-0.1, -0.05) is 18.9 Å². The molecule has 0 bridgehead atoms. The van der Waals surface area contributed by atoms with Crippen molar-refractivity contribution in [2.75, 3.05) is 13.2 Å². The first kappa shape index (κ1) is 17.5. The van der Waals surface area contributed by atoms with E-state index in [9.17, 15) is 5.11 Å². The van der Waals surface area contributed by atoms with Crippen LogP contribution in [0.15, 0.2) is 42.9 Å². The maximum atomic E-state index is 9.29. The van der Waals surface area contributed by atoms with Crippen molar-refractivity contribution in [1.29, 1.82) is 0 Å². The lowest BCUT2D eigenvalue weighted by atomic mass is 9.99. The number of thiocarbonyl (C=S) groups is 1. The maximum Gasteiger partial charge on any atom is 0.170 e. The molecule has 2 fully saturated rings. The van der Waals surface area contributed by atoms with Gasteiger partial charge in [0.15, 0.2) is 5.11 Å². The number of pyridine rings is 1. The summed E-state index contributed by atoms with van der Waals surface area (Å²) in [5, 5.41) is 13.5. The topological polar surface area (TPSA) is 53.3 Å². The summed E-state index contributed by atoms with van der Waals surface area (Å²) in [6.07, 6.45) is 12.2. The van der Waals surface area contributed by atoms with Crippen LogP contribution in [0.2, 0.25) is 0 Å². The molecule has 1 saturated heterocycles. The van der Waals surface area contributed by atoms with Gasteiger partial charge in [-0.05, 0) is 55.2 Å². The van der Waals surface area contributed by atoms with E-state index in [2.05, 4.69) is 44.3 Å². The number of rotatable bonds is 6. The molecule has 2 aromatic heterocycles. The number of hydrogen-bond acceptors (Lipinski definition) is 3. The highest BCUT2D eigenvalue weighted by atomic mass is 32.1. The number of aliphatic hydroxyl groups is 1. The Kier molecular flexibility index (Phi) is 5.22. The van der Waals surface area contributed by atoms with Crippen LogP contribution in [0.4, 0.5) is 0 Å². The monoisotopic (exact) mass is 370 g/mol. The molecule has 0 unspecified atom stereocenters. The molecule has 2 N–H and O–H groups in total. The fourth-order valence-corrected chi connectivity index (χ4v) is 4.62. The molecule has 0 amide bonds. The summed E-state index contributed by atoms with van der Waals surface area (Å²) in [7, 11) is 0. The molecule has 0 spiro atoms. The molecular formula is C20H26N4OS. The van der Waals surface area contributed by atoms with Gasteiger partial charge >= 0.3 is 0 Å². The Morgan fingerprint density at radius 2 is 2.08 bits per heavy atom. The largest absolute Gasteiger partial charge is 0.396 e. The Hall–Kier alpha value is -1.92. The molecule has 3 heterocycles. The molecule has 5 nitrogen and oxygen atoms in total. The van der Waals surface area contributed by atoms with E-state index >= 15 is 0 Å². The van der Waals surface area contributed by atoms with Crippen molar-refractivity contribution in [3.8, 4) is 0 Å². The van der Waals surface area contributed by atoms with Gasteiger partial charge in [-0.25, -0.2) is 0 Å². The average Bonchev–Trinajstić information content (AvgIpc) is 3.40. The van der Waals surface area contributed by atoms with Gasteiger partial charge in [0.25, 0.3) is 0 Å². The fraction of sp³-hybridized carbons (Fsp3) is 0.500. The van der Waals surface area contributed by atoms with Crippen LogP contribution in [0.5, 0.6) is 0 Å². The molecule has 2 atom stereocenters. The molecule has 2 aliphatic rings. The maximum absolute atomic E-state index is 9.29. The molecule has 26 heavy (non-hydrogen) atoms. The van der Waals surface area contributed by atoms with Crippen LogP contribution in [-0.4, -0.2) is 37.8 Å². The van der Waals surface area contributed by atoms with Crippen LogP contribution in [0.3, 0.4) is 0 Å². The van der Waals surface area contributed by atoms with E-state index in [1.165, 1.54) is 31.2 Å². The van der Waals surface area contributed by atoms with E-state index in [-0.39, 0.29) is 18.7 Å². The highest BCUT2D eigenvalue weighted by molar-refractivity contribution is 7.80. The highest BCUT2D eigenvalue weighted by Gasteiger charge is 2.39. The van der Waals surface area contributed by atoms with Crippen molar-refractivity contribution in [2.45, 2.75) is 50.2 Å². The van der Waals surface area contributed by atoms with Crippen molar-refractivity contribution < 1.29 is 5.11 Å². The summed E-state index contributed by atoms with van der Waals surface area (Å²) in [5.74, 6) is 0. The summed E-state index contributed by atoms with van der Waals surface area (Å²) in [5.41, 5.74) is 2.26. The standard InChI is InChI=1S/C20H26N4OS/c25-13-5-11-24-19(15-9-12-23(14-15)16-6-1-2-7-16)18(22-20(24)26)17-8-3-4-10-21-17/h3-4,8-10,12,14,16,18-19,25H,1-2,5-7,11,13H2,(H,22,26)/t18-,19+/m0/s1. The second-order valence-corrected chi connectivity index (χ2v) is 7.61. The third-order valence-corrected chi connectivity index (χ3v) is 5.93. The normalized spacial score (nSPS) is 23.6. The fourth-order valence-electron chi connectivity index (χ4n) is 4.29. The number of aromatic nitrogens is 2.